The second-order valence-electron chi connectivity index (χ2n) is 3.66. The van der Waals surface area contributed by atoms with E-state index in [0.29, 0.717) is 0 Å². The van der Waals surface area contributed by atoms with Gasteiger partial charge in [0.2, 0.25) is 0 Å². The first-order valence-electron chi connectivity index (χ1n) is 5.20. The minimum Gasteiger partial charge on any atom is -0.298 e. The quantitative estimate of drug-likeness (QED) is 0.693. The maximum absolute atomic E-state index is 4.41. The van der Waals surface area contributed by atoms with Gasteiger partial charge in [-0.05, 0) is 24.6 Å². The summed E-state index contributed by atoms with van der Waals surface area (Å²) >= 11 is 0. The Balaban J connectivity index is 1.90. The van der Waals surface area contributed by atoms with Gasteiger partial charge in [-0.25, -0.2) is 5.32 Å². The highest BCUT2D eigenvalue weighted by atomic mass is 15.1. The Hall–Kier alpha value is -0.930. The van der Waals surface area contributed by atoms with E-state index in [9.17, 15) is 0 Å². The van der Waals surface area contributed by atoms with E-state index in [2.05, 4.69) is 21.3 Å². The molecule has 0 spiro atoms. The minimum atomic E-state index is 0.986. The lowest BCUT2D eigenvalue weighted by Gasteiger charge is -2.18. The van der Waals surface area contributed by atoms with Gasteiger partial charge in [-0.2, -0.15) is 0 Å². The zero-order valence-electron chi connectivity index (χ0n) is 8.39. The van der Waals surface area contributed by atoms with Crippen LogP contribution in [0.25, 0.3) is 0 Å². The Kier molecular flexibility index (Phi) is 3.49. The Morgan fingerprint density at radius 2 is 2.29 bits per heavy atom. The van der Waals surface area contributed by atoms with E-state index in [1.54, 1.807) is 0 Å². The molecule has 1 aliphatic rings. The maximum atomic E-state index is 4.41. The van der Waals surface area contributed by atoms with Crippen molar-refractivity contribution in [3.8, 4) is 0 Å². The molecule has 75 valence electrons. The van der Waals surface area contributed by atoms with E-state index in [1.165, 1.54) is 18.5 Å². The van der Waals surface area contributed by atoms with E-state index in [0.717, 1.165) is 26.2 Å². The van der Waals surface area contributed by atoms with E-state index in [1.807, 2.05) is 18.5 Å². The van der Waals surface area contributed by atoms with Gasteiger partial charge in [0.25, 0.3) is 0 Å². The van der Waals surface area contributed by atoms with Crippen molar-refractivity contribution in [2.75, 3.05) is 26.2 Å². The lowest BCUT2D eigenvalue weighted by molar-refractivity contribution is 0.284. The van der Waals surface area contributed by atoms with E-state index in [-0.39, 0.29) is 0 Å². The molecule has 0 aliphatic carbocycles. The Bertz CT molecular complexity index is 252. The van der Waals surface area contributed by atoms with E-state index >= 15 is 0 Å². The lowest BCUT2D eigenvalue weighted by atomic mass is 10.2. The number of rotatable bonds is 2. The van der Waals surface area contributed by atoms with Crippen LogP contribution in [0.1, 0.15) is 12.0 Å². The van der Waals surface area contributed by atoms with Gasteiger partial charge in [-0.1, -0.05) is 6.07 Å². The average molecular weight is 190 g/mol. The maximum Gasteiger partial charge on any atom is 0.0312 e. The molecule has 0 N–H and O–H groups in total. The highest BCUT2D eigenvalue weighted by Crippen LogP contribution is 2.04. The number of pyridine rings is 1. The summed E-state index contributed by atoms with van der Waals surface area (Å²) in [6.07, 6.45) is 4.96. The smallest absolute Gasteiger partial charge is 0.0312 e. The molecule has 1 aliphatic heterocycles. The third kappa shape index (κ3) is 2.79. The van der Waals surface area contributed by atoms with Gasteiger partial charge >= 0.3 is 0 Å². The van der Waals surface area contributed by atoms with E-state index < -0.39 is 0 Å². The predicted octanol–water partition coefficient (Wildman–Crippen LogP) is 0.892. The zero-order chi connectivity index (χ0) is 9.64. The molecule has 3 nitrogen and oxygen atoms in total. The van der Waals surface area contributed by atoms with Crippen LogP contribution in [0.3, 0.4) is 0 Å². The molecule has 2 rings (SSSR count). The molecule has 2 heterocycles. The third-order valence-corrected chi connectivity index (χ3v) is 2.49. The molecule has 0 unspecified atom stereocenters. The first kappa shape index (κ1) is 9.62. The number of hydrogen-bond donors (Lipinski definition) is 0. The third-order valence-electron chi connectivity index (χ3n) is 2.49. The second kappa shape index (κ2) is 5.08. The number of aromatic nitrogens is 1. The fraction of sp³-hybridized carbons (Fsp3) is 0.545. The largest absolute Gasteiger partial charge is 0.298 e. The summed E-state index contributed by atoms with van der Waals surface area (Å²) in [6, 6.07) is 4.13. The monoisotopic (exact) mass is 190 g/mol. The molecule has 1 aromatic rings. The first-order valence-corrected chi connectivity index (χ1v) is 5.20. The molecule has 0 atom stereocenters. The van der Waals surface area contributed by atoms with Crippen molar-refractivity contribution in [2.24, 2.45) is 0 Å². The second-order valence-corrected chi connectivity index (χ2v) is 3.66. The van der Waals surface area contributed by atoms with Gasteiger partial charge in [0.1, 0.15) is 0 Å². The molecule has 1 aromatic heterocycles. The van der Waals surface area contributed by atoms with Gasteiger partial charge < -0.3 is 0 Å². The van der Waals surface area contributed by atoms with Crippen LogP contribution >= 0.6 is 0 Å². The van der Waals surface area contributed by atoms with Crippen molar-refractivity contribution in [1.82, 2.24) is 15.2 Å². The normalized spacial score (nSPS) is 19.1. The molecular formula is C11H16N3. The SMILES string of the molecule is c1cncc(CN2CCC[N]CC2)c1. The van der Waals surface area contributed by atoms with Crippen molar-refractivity contribution in [3.05, 3.63) is 30.1 Å². The molecular weight excluding hydrogens is 174 g/mol. The van der Waals surface area contributed by atoms with Crippen LogP contribution < -0.4 is 5.32 Å². The van der Waals surface area contributed by atoms with Crippen LogP contribution in [0.2, 0.25) is 0 Å². The van der Waals surface area contributed by atoms with Crippen LogP contribution in [0, 0.1) is 0 Å². The molecule has 0 amide bonds. The zero-order valence-corrected chi connectivity index (χ0v) is 8.39. The summed E-state index contributed by atoms with van der Waals surface area (Å²) in [5, 5.41) is 4.41. The number of nitrogens with zero attached hydrogens (tertiary/aromatic N) is 3. The Morgan fingerprint density at radius 1 is 1.29 bits per heavy atom. The van der Waals surface area contributed by atoms with Gasteiger partial charge in [-0.15, -0.1) is 0 Å². The fourth-order valence-electron chi connectivity index (χ4n) is 1.75. The minimum absolute atomic E-state index is 0.986. The van der Waals surface area contributed by atoms with Gasteiger partial charge in [0.05, 0.1) is 0 Å². The van der Waals surface area contributed by atoms with Gasteiger partial charge in [-0.3, -0.25) is 9.88 Å². The highest BCUT2D eigenvalue weighted by Gasteiger charge is 2.08. The summed E-state index contributed by atoms with van der Waals surface area (Å²) < 4.78 is 0. The molecule has 0 bridgehead atoms. The van der Waals surface area contributed by atoms with E-state index in [4.69, 9.17) is 0 Å². The topological polar surface area (TPSA) is 30.2 Å². The van der Waals surface area contributed by atoms with Gasteiger partial charge in [0, 0.05) is 38.6 Å². The van der Waals surface area contributed by atoms with Crippen LogP contribution in [-0.4, -0.2) is 36.1 Å². The molecule has 14 heavy (non-hydrogen) atoms. The molecule has 1 saturated heterocycles. The molecule has 1 fully saturated rings. The summed E-state index contributed by atoms with van der Waals surface area (Å²) in [4.78, 5) is 6.58. The van der Waals surface area contributed by atoms with Crippen LogP contribution in [0.5, 0.6) is 0 Å². The Morgan fingerprint density at radius 3 is 3.14 bits per heavy atom. The van der Waals surface area contributed by atoms with Crippen LogP contribution in [-0.2, 0) is 6.54 Å². The lowest BCUT2D eigenvalue weighted by Crippen LogP contribution is -2.26. The molecule has 1 radical (unpaired) electrons. The first-order chi connectivity index (χ1) is 6.95. The van der Waals surface area contributed by atoms with Crippen LogP contribution in [0.15, 0.2) is 24.5 Å². The van der Waals surface area contributed by atoms with Crippen molar-refractivity contribution < 1.29 is 0 Å². The summed E-state index contributed by atoms with van der Waals surface area (Å²) in [5.74, 6) is 0. The highest BCUT2D eigenvalue weighted by molar-refractivity contribution is 5.08. The van der Waals surface area contributed by atoms with Crippen molar-refractivity contribution in [1.29, 1.82) is 0 Å². The standard InChI is InChI=1S/C11H16N3/c1-3-11(9-13-4-1)10-14-7-2-5-12-6-8-14/h1,3-4,9H,2,5-8,10H2. The summed E-state index contributed by atoms with van der Waals surface area (Å²) in [6.45, 7) is 5.29. The van der Waals surface area contributed by atoms with Crippen molar-refractivity contribution in [2.45, 2.75) is 13.0 Å². The van der Waals surface area contributed by atoms with Crippen molar-refractivity contribution in [3.63, 3.8) is 0 Å². The predicted molar refractivity (Wildman–Crippen MR) is 56.0 cm³/mol. The molecule has 0 saturated carbocycles. The molecule has 3 heteroatoms. The summed E-state index contributed by atoms with van der Waals surface area (Å²) in [5.41, 5.74) is 1.30. The Labute approximate surface area is 85.1 Å². The van der Waals surface area contributed by atoms with Gasteiger partial charge in [0.15, 0.2) is 0 Å². The van der Waals surface area contributed by atoms with Crippen molar-refractivity contribution >= 4 is 0 Å². The average Bonchev–Trinajstić information content (AvgIpc) is 2.48. The summed E-state index contributed by atoms with van der Waals surface area (Å²) in [7, 11) is 0. The number of hydrogen-bond acceptors (Lipinski definition) is 2. The van der Waals surface area contributed by atoms with Crippen LogP contribution in [0.4, 0.5) is 0 Å². The molecule has 0 aromatic carbocycles. The fourth-order valence-corrected chi connectivity index (χ4v) is 1.75.